The Bertz CT molecular complexity index is 1290. The molecule has 3 aromatic rings. The topological polar surface area (TPSA) is 138 Å². The molecule has 3 rings (SSSR count). The highest BCUT2D eigenvalue weighted by Gasteiger charge is 2.22. The third kappa shape index (κ3) is 8.54. The molecule has 0 unspecified atom stereocenters. The summed E-state index contributed by atoms with van der Waals surface area (Å²) in [6.07, 6.45) is 3.86. The first kappa shape index (κ1) is 30.1. The number of rotatable bonds is 16. The van der Waals surface area contributed by atoms with Crippen LogP contribution in [0.2, 0.25) is 0 Å². The van der Waals surface area contributed by atoms with Crippen LogP contribution in [0, 0.1) is 12.8 Å². The number of amides is 3. The van der Waals surface area contributed by atoms with Gasteiger partial charge in [0.1, 0.15) is 12.4 Å². The van der Waals surface area contributed by atoms with Crippen molar-refractivity contribution >= 4 is 24.2 Å². The van der Waals surface area contributed by atoms with E-state index in [-0.39, 0.29) is 37.1 Å². The Morgan fingerprint density at radius 1 is 1.02 bits per heavy atom. The summed E-state index contributed by atoms with van der Waals surface area (Å²) in [5.41, 5.74) is 2.13. The molecule has 1 heterocycles. The first-order chi connectivity index (χ1) is 19.3. The number of aromatic carboxylic acids is 1. The average Bonchev–Trinajstić information content (AvgIpc) is 3.45. The molecule has 3 amide bonds. The molecule has 2 aromatic carbocycles. The lowest BCUT2D eigenvalue weighted by molar-refractivity contribution is -0.182. The number of hydrogen-bond donors (Lipinski definition) is 3. The number of carbonyl (C=O) groups excluding carboxylic acids is 3. The van der Waals surface area contributed by atoms with Crippen LogP contribution in [-0.2, 0) is 21.0 Å². The highest BCUT2D eigenvalue weighted by atomic mass is 16.7. The minimum atomic E-state index is -1.05. The monoisotopic (exact) mass is 549 g/mol. The van der Waals surface area contributed by atoms with Crippen LogP contribution >= 0.6 is 0 Å². The Labute approximate surface area is 233 Å². The molecule has 0 aliphatic carbocycles. The van der Waals surface area contributed by atoms with Crippen LogP contribution in [0.4, 0.5) is 0 Å². The van der Waals surface area contributed by atoms with Crippen molar-refractivity contribution in [1.82, 2.24) is 15.7 Å². The Balaban J connectivity index is 1.56. The Morgan fingerprint density at radius 2 is 1.80 bits per heavy atom. The normalized spacial score (nSPS) is 11.4. The second-order valence-corrected chi connectivity index (χ2v) is 9.33. The van der Waals surface area contributed by atoms with E-state index in [2.05, 4.69) is 17.6 Å². The number of carbonyl (C=O) groups is 4. The summed E-state index contributed by atoms with van der Waals surface area (Å²) in [6.45, 7) is 3.87. The van der Waals surface area contributed by atoms with Crippen molar-refractivity contribution in [2.45, 2.75) is 46.1 Å². The molecule has 0 bridgehead atoms. The maximum atomic E-state index is 13.0. The Kier molecular flexibility index (Phi) is 11.5. The number of carboxylic acid groups (broad SMARTS) is 1. The zero-order valence-electron chi connectivity index (χ0n) is 22.7. The molecule has 0 aliphatic heterocycles. The average molecular weight is 550 g/mol. The summed E-state index contributed by atoms with van der Waals surface area (Å²) in [5.74, 6) is -2.05. The van der Waals surface area contributed by atoms with Crippen LogP contribution in [0.15, 0.2) is 65.1 Å². The fourth-order valence-corrected chi connectivity index (χ4v) is 4.20. The number of furan rings is 1. The largest absolute Gasteiger partial charge is 0.478 e. The van der Waals surface area contributed by atoms with Crippen molar-refractivity contribution in [1.29, 1.82) is 0 Å². The fraction of sp³-hybridized carbons (Fsp3) is 0.333. The van der Waals surface area contributed by atoms with E-state index in [9.17, 15) is 24.3 Å². The maximum Gasteiger partial charge on any atom is 0.335 e. The van der Waals surface area contributed by atoms with Gasteiger partial charge < -0.3 is 20.2 Å². The fourth-order valence-electron chi connectivity index (χ4n) is 4.20. The lowest BCUT2D eigenvalue weighted by Crippen LogP contribution is -2.43. The summed E-state index contributed by atoms with van der Waals surface area (Å²) >= 11 is 0. The molecule has 10 heteroatoms. The van der Waals surface area contributed by atoms with E-state index >= 15 is 0 Å². The van der Waals surface area contributed by atoms with E-state index in [0.29, 0.717) is 29.7 Å². The second kappa shape index (κ2) is 15.2. The van der Waals surface area contributed by atoms with Crippen LogP contribution in [-0.4, -0.2) is 47.6 Å². The van der Waals surface area contributed by atoms with Gasteiger partial charge in [0.05, 0.1) is 24.7 Å². The SMILES string of the molecule is CCCCC[C@H](CN(C=O)OCc1ccccc1)C(=O)NCNC(=O)c1ccc(-c2cccc(C(=O)O)c2C)o1. The van der Waals surface area contributed by atoms with E-state index in [0.717, 1.165) is 29.9 Å². The summed E-state index contributed by atoms with van der Waals surface area (Å²) in [6, 6.07) is 17.3. The number of benzene rings is 2. The summed E-state index contributed by atoms with van der Waals surface area (Å²) < 4.78 is 5.67. The van der Waals surface area contributed by atoms with Crippen molar-refractivity contribution in [2.75, 3.05) is 13.2 Å². The van der Waals surface area contributed by atoms with Gasteiger partial charge in [-0.05, 0) is 42.7 Å². The molecule has 0 spiro atoms. The minimum Gasteiger partial charge on any atom is -0.478 e. The third-order valence-corrected chi connectivity index (χ3v) is 6.46. The number of carboxylic acids is 1. The van der Waals surface area contributed by atoms with Crippen molar-refractivity contribution in [3.8, 4) is 11.3 Å². The van der Waals surface area contributed by atoms with E-state index in [1.807, 2.05) is 30.3 Å². The number of hydrogen-bond acceptors (Lipinski definition) is 6. The summed E-state index contributed by atoms with van der Waals surface area (Å²) in [7, 11) is 0. The van der Waals surface area contributed by atoms with Gasteiger partial charge in [0.15, 0.2) is 5.76 Å². The van der Waals surface area contributed by atoms with E-state index in [1.54, 1.807) is 25.1 Å². The van der Waals surface area contributed by atoms with Crippen LogP contribution in [0.1, 0.15) is 64.6 Å². The van der Waals surface area contributed by atoms with Gasteiger partial charge in [-0.15, -0.1) is 0 Å². The minimum absolute atomic E-state index is 0.0188. The molecule has 1 aromatic heterocycles. The van der Waals surface area contributed by atoms with Gasteiger partial charge in [-0.3, -0.25) is 19.2 Å². The number of unbranched alkanes of at least 4 members (excludes halogenated alkanes) is 2. The molecule has 212 valence electrons. The standard InChI is InChI=1S/C30H35N3O7/c1-3-4-6-12-23(17-33(20-34)39-18-22-10-7-5-8-11-22)28(35)31-19-32-29(36)27-16-15-26(40-27)24-13-9-14-25(21(24)2)30(37)38/h5,7-11,13-16,20,23H,3-4,6,12,17-19H2,1-2H3,(H,31,35)(H,32,36)(H,37,38)/t23-/m1/s1. The van der Waals surface area contributed by atoms with Crippen LogP contribution in [0.25, 0.3) is 11.3 Å². The zero-order chi connectivity index (χ0) is 28.9. The first-order valence-electron chi connectivity index (χ1n) is 13.2. The quantitative estimate of drug-likeness (QED) is 0.103. The van der Waals surface area contributed by atoms with Crippen LogP contribution in [0.5, 0.6) is 0 Å². The van der Waals surface area contributed by atoms with Gasteiger partial charge >= 0.3 is 5.97 Å². The summed E-state index contributed by atoms with van der Waals surface area (Å²) in [5, 5.41) is 15.8. The van der Waals surface area contributed by atoms with Gasteiger partial charge in [0.2, 0.25) is 12.3 Å². The Hall–Kier alpha value is -4.44. The van der Waals surface area contributed by atoms with Gasteiger partial charge in [-0.25, -0.2) is 9.86 Å². The van der Waals surface area contributed by atoms with Crippen molar-refractivity contribution in [3.05, 3.63) is 83.1 Å². The molecule has 0 radical (unpaired) electrons. The predicted molar refractivity (Wildman–Crippen MR) is 148 cm³/mol. The van der Waals surface area contributed by atoms with E-state index < -0.39 is 17.8 Å². The van der Waals surface area contributed by atoms with Gasteiger partial charge in [0.25, 0.3) is 5.91 Å². The number of hydroxylamine groups is 2. The molecule has 0 saturated heterocycles. The van der Waals surface area contributed by atoms with Crippen LogP contribution in [0.3, 0.4) is 0 Å². The number of nitrogens with one attached hydrogen (secondary N) is 2. The molecule has 0 fully saturated rings. The number of nitrogens with zero attached hydrogens (tertiary/aromatic N) is 1. The predicted octanol–water partition coefficient (Wildman–Crippen LogP) is 4.54. The highest BCUT2D eigenvalue weighted by molar-refractivity contribution is 5.93. The van der Waals surface area contributed by atoms with E-state index in [1.165, 1.54) is 12.1 Å². The molecule has 1 atom stereocenters. The van der Waals surface area contributed by atoms with Crippen LogP contribution < -0.4 is 10.6 Å². The lowest BCUT2D eigenvalue weighted by atomic mass is 10.0. The van der Waals surface area contributed by atoms with Crippen molar-refractivity contribution < 1.29 is 33.5 Å². The van der Waals surface area contributed by atoms with Crippen molar-refractivity contribution in [2.24, 2.45) is 5.92 Å². The lowest BCUT2D eigenvalue weighted by Gasteiger charge is -2.23. The molecular formula is C30H35N3O7. The Morgan fingerprint density at radius 3 is 2.50 bits per heavy atom. The van der Waals surface area contributed by atoms with Gasteiger partial charge in [0, 0.05) is 5.56 Å². The second-order valence-electron chi connectivity index (χ2n) is 9.33. The molecule has 3 N–H and O–H groups in total. The first-order valence-corrected chi connectivity index (χ1v) is 13.2. The van der Waals surface area contributed by atoms with Crippen molar-refractivity contribution in [3.63, 3.8) is 0 Å². The smallest absolute Gasteiger partial charge is 0.335 e. The molecule has 10 nitrogen and oxygen atoms in total. The third-order valence-electron chi connectivity index (χ3n) is 6.46. The molecule has 40 heavy (non-hydrogen) atoms. The van der Waals surface area contributed by atoms with E-state index in [4.69, 9.17) is 9.25 Å². The molecule has 0 saturated carbocycles. The highest BCUT2D eigenvalue weighted by Crippen LogP contribution is 2.27. The van der Waals surface area contributed by atoms with Gasteiger partial charge in [-0.1, -0.05) is 68.7 Å². The molecule has 0 aliphatic rings. The zero-order valence-corrected chi connectivity index (χ0v) is 22.7. The maximum absolute atomic E-state index is 13.0. The van der Waals surface area contributed by atoms with Gasteiger partial charge in [-0.2, -0.15) is 0 Å². The summed E-state index contributed by atoms with van der Waals surface area (Å²) in [4.78, 5) is 54.2. The molecular weight excluding hydrogens is 514 g/mol.